The number of ether oxygens (including phenoxy) is 7. The number of methoxy groups -OCH3 is 2. The summed E-state index contributed by atoms with van der Waals surface area (Å²) in [6.45, 7) is 17.3. The normalized spacial score (nSPS) is 20.5. The number of nitrogens with zero attached hydrogens (tertiary/aromatic N) is 3. The number of β-amino-alcohol motifs (C(OH)–C–C–N with tert-alkyl or cyclic N) is 1. The Morgan fingerprint density at radius 2 is 0.833 bits per heavy atom. The van der Waals surface area contributed by atoms with E-state index in [0.717, 1.165) is 16.5 Å². The van der Waals surface area contributed by atoms with Gasteiger partial charge in [0.2, 0.25) is 0 Å². The quantitative estimate of drug-likeness (QED) is 0.110. The van der Waals surface area contributed by atoms with Gasteiger partial charge in [-0.05, 0) is 79.0 Å². The van der Waals surface area contributed by atoms with Gasteiger partial charge >= 0.3 is 36.2 Å². The van der Waals surface area contributed by atoms with E-state index in [-0.39, 0.29) is 38.1 Å². The first-order valence-corrected chi connectivity index (χ1v) is 24.8. The zero-order valence-corrected chi connectivity index (χ0v) is 45.0. The Hall–Kier alpha value is -5.76. The number of carbonyl (C=O) groups is 6. The van der Waals surface area contributed by atoms with E-state index in [0.29, 0.717) is 26.2 Å². The highest BCUT2D eigenvalue weighted by Crippen LogP contribution is 2.27. The highest BCUT2D eigenvalue weighted by molar-refractivity contribution is 9.08. The number of halogens is 1. The summed E-state index contributed by atoms with van der Waals surface area (Å²) < 4.78 is 36.9. The number of benzene rings is 3. The number of carboxylic acids is 1. The molecule has 398 valence electrons. The summed E-state index contributed by atoms with van der Waals surface area (Å²) in [5.74, 6) is -2.03. The zero-order valence-electron chi connectivity index (χ0n) is 43.4. The predicted molar refractivity (Wildman–Crippen MR) is 271 cm³/mol. The Balaban J connectivity index is 0.000000267. The van der Waals surface area contributed by atoms with Crippen molar-refractivity contribution in [2.75, 3.05) is 33.9 Å². The number of carbonyl (C=O) groups excluding carboxylic acids is 5. The summed E-state index contributed by atoms with van der Waals surface area (Å²) >= 11 is 3.36. The van der Waals surface area contributed by atoms with E-state index in [2.05, 4.69) is 32.8 Å². The molecule has 2 N–H and O–H groups in total. The number of alkyl halides is 1. The van der Waals surface area contributed by atoms with Crippen LogP contribution in [0.5, 0.6) is 0 Å². The number of carboxylic acid groups (broad SMARTS) is 1. The third-order valence-electron chi connectivity index (χ3n) is 10.6. The average Bonchev–Trinajstić information content (AvgIpc) is 4.07. The third-order valence-corrected chi connectivity index (χ3v) is 11.2. The molecule has 6 atom stereocenters. The SMILES string of the molecule is BrCc1ccccc1.CC(C)(C)OC(=O)N1C[C@H](OCc2ccccc2)C[C@H]1C(=O)O.COC(=O)[C@@H]1C[C@@H](O)CN1C(=O)OC(C)(C)C.COC(=O)[C@@H]1C[C@@H](OCc2ccccc2)CN1C(=O)OC(C)(C)C. The Morgan fingerprint density at radius 1 is 0.514 bits per heavy atom. The largest absolute Gasteiger partial charge is 0.480 e. The molecular formula is C53H74BrN3O15. The fraction of sp³-hybridized carbons (Fsp3) is 0.547. The number of aliphatic hydroxyl groups is 1. The van der Waals surface area contributed by atoms with Crippen LogP contribution in [0, 0.1) is 0 Å². The molecule has 0 unspecified atom stereocenters. The molecule has 0 bridgehead atoms. The van der Waals surface area contributed by atoms with Crippen molar-refractivity contribution in [1.82, 2.24) is 14.7 Å². The molecule has 0 saturated carbocycles. The summed E-state index contributed by atoms with van der Waals surface area (Å²) in [4.78, 5) is 75.0. The van der Waals surface area contributed by atoms with E-state index in [1.807, 2.05) is 78.9 Å². The molecule has 0 radical (unpaired) electrons. The molecule has 0 spiro atoms. The maximum Gasteiger partial charge on any atom is 0.411 e. The second-order valence-electron chi connectivity index (χ2n) is 20.1. The molecule has 0 aromatic heterocycles. The summed E-state index contributed by atoms with van der Waals surface area (Å²) in [7, 11) is 2.56. The maximum absolute atomic E-state index is 12.4. The molecule has 3 amide bonds. The lowest BCUT2D eigenvalue weighted by atomic mass is 10.2. The molecule has 3 aromatic carbocycles. The van der Waals surface area contributed by atoms with Crippen LogP contribution in [-0.4, -0.2) is 148 Å². The Bertz CT molecular complexity index is 2160. The van der Waals surface area contributed by atoms with Crippen LogP contribution in [0.1, 0.15) is 98.3 Å². The Kier molecular flexibility index (Phi) is 23.9. The molecular weight excluding hydrogens is 998 g/mol. The number of amides is 3. The number of esters is 2. The number of rotatable bonds is 10. The Labute approximate surface area is 432 Å². The van der Waals surface area contributed by atoms with Gasteiger partial charge in [-0.1, -0.05) is 107 Å². The molecule has 18 nitrogen and oxygen atoms in total. The van der Waals surface area contributed by atoms with Gasteiger partial charge < -0.3 is 43.4 Å². The number of aliphatic carboxylic acids is 1. The van der Waals surface area contributed by atoms with Crippen molar-refractivity contribution >= 4 is 52.1 Å². The molecule has 19 heteroatoms. The van der Waals surface area contributed by atoms with Gasteiger partial charge in [-0.25, -0.2) is 28.8 Å². The van der Waals surface area contributed by atoms with Crippen molar-refractivity contribution in [1.29, 1.82) is 0 Å². The number of hydrogen-bond acceptors (Lipinski definition) is 14. The minimum atomic E-state index is -1.04. The lowest BCUT2D eigenvalue weighted by Gasteiger charge is -2.27. The highest BCUT2D eigenvalue weighted by atomic mass is 79.9. The summed E-state index contributed by atoms with van der Waals surface area (Å²) in [6, 6.07) is 27.3. The van der Waals surface area contributed by atoms with E-state index < -0.39 is 77.2 Å². The van der Waals surface area contributed by atoms with Crippen LogP contribution < -0.4 is 0 Å². The molecule has 3 heterocycles. The molecule has 3 fully saturated rings. The van der Waals surface area contributed by atoms with E-state index in [4.69, 9.17) is 28.4 Å². The van der Waals surface area contributed by atoms with Crippen LogP contribution in [0.15, 0.2) is 91.0 Å². The van der Waals surface area contributed by atoms with Gasteiger partial charge in [0, 0.05) is 24.6 Å². The second kappa shape index (κ2) is 28.5. The van der Waals surface area contributed by atoms with Crippen molar-refractivity contribution in [2.45, 2.75) is 153 Å². The van der Waals surface area contributed by atoms with Gasteiger partial charge in [-0.15, -0.1) is 0 Å². The monoisotopic (exact) mass is 1070 g/mol. The van der Waals surface area contributed by atoms with Crippen LogP contribution in [0.3, 0.4) is 0 Å². The maximum atomic E-state index is 12.4. The molecule has 3 saturated heterocycles. The molecule has 3 aromatic rings. The minimum absolute atomic E-state index is 0.0919. The van der Waals surface area contributed by atoms with Gasteiger partial charge in [0.25, 0.3) is 0 Å². The predicted octanol–water partition coefficient (Wildman–Crippen LogP) is 8.53. The van der Waals surface area contributed by atoms with Gasteiger partial charge in [0.05, 0.1) is 65.4 Å². The van der Waals surface area contributed by atoms with E-state index in [9.17, 15) is 39.0 Å². The van der Waals surface area contributed by atoms with Crippen LogP contribution in [0.4, 0.5) is 14.4 Å². The van der Waals surface area contributed by atoms with E-state index in [1.54, 1.807) is 62.3 Å². The van der Waals surface area contributed by atoms with Crippen LogP contribution in [0.2, 0.25) is 0 Å². The van der Waals surface area contributed by atoms with Gasteiger partial charge in [0.1, 0.15) is 34.9 Å². The topological polar surface area (TPSA) is 217 Å². The summed E-state index contributed by atoms with van der Waals surface area (Å²) in [6.07, 6.45) is -2.16. The second-order valence-corrected chi connectivity index (χ2v) is 20.7. The van der Waals surface area contributed by atoms with Gasteiger partial charge in [0.15, 0.2) is 0 Å². The molecule has 3 aliphatic heterocycles. The summed E-state index contributed by atoms with van der Waals surface area (Å²) in [5, 5.41) is 19.8. The van der Waals surface area contributed by atoms with Crippen molar-refractivity contribution in [3.8, 4) is 0 Å². The molecule has 6 rings (SSSR count). The van der Waals surface area contributed by atoms with Crippen LogP contribution in [0.25, 0.3) is 0 Å². The molecule has 0 aliphatic carbocycles. The molecule has 72 heavy (non-hydrogen) atoms. The summed E-state index contributed by atoms with van der Waals surface area (Å²) in [5.41, 5.74) is 1.46. The lowest BCUT2D eigenvalue weighted by Crippen LogP contribution is -2.44. The number of likely N-dealkylation sites (tertiary alicyclic amines) is 3. The first kappa shape index (κ1) is 60.5. The van der Waals surface area contributed by atoms with Crippen molar-refractivity contribution in [3.63, 3.8) is 0 Å². The van der Waals surface area contributed by atoms with E-state index in [1.165, 1.54) is 34.5 Å². The number of hydrogen-bond donors (Lipinski definition) is 2. The van der Waals surface area contributed by atoms with Crippen LogP contribution in [-0.2, 0) is 66.1 Å². The standard InChI is InChI=1S/C18H25NO5.C17H23NO5.C11H19NO5.C7H7Br/c1-18(2,3)24-17(21)19-11-14(10-15(19)16(20)22-4)23-12-13-8-6-5-7-9-13;1-17(2,3)23-16(21)18-10-13(9-14(18)15(19)20)22-11-12-7-5-4-6-8-12;1-11(2,3)17-10(15)12-6-7(13)5-8(12)9(14)16-4;8-6-7-4-2-1-3-5-7/h5-9,14-15H,10-12H2,1-4H3;4-8,13-14H,9-11H2,1-3H3,(H,19,20);7-8,13H,5-6H2,1-4H3;1-5H,6H2/t14-,15+;13-,14+;7-,8+;/m111./s1. The fourth-order valence-corrected chi connectivity index (χ4v) is 7.69. The first-order valence-electron chi connectivity index (χ1n) is 23.7. The van der Waals surface area contributed by atoms with Gasteiger partial charge in [-0.2, -0.15) is 0 Å². The highest BCUT2D eigenvalue weighted by Gasteiger charge is 2.44. The van der Waals surface area contributed by atoms with Gasteiger partial charge in [-0.3, -0.25) is 14.7 Å². The fourth-order valence-electron chi connectivity index (χ4n) is 7.31. The van der Waals surface area contributed by atoms with Crippen molar-refractivity contribution < 1.29 is 72.1 Å². The third kappa shape index (κ3) is 21.5. The zero-order chi connectivity index (χ0) is 53.8. The smallest absolute Gasteiger partial charge is 0.411 e. The Morgan fingerprint density at radius 3 is 1.15 bits per heavy atom. The minimum Gasteiger partial charge on any atom is -0.480 e. The van der Waals surface area contributed by atoms with E-state index >= 15 is 0 Å². The van der Waals surface area contributed by atoms with Crippen molar-refractivity contribution in [2.24, 2.45) is 0 Å². The number of aliphatic hydroxyl groups excluding tert-OH is 1. The molecule has 3 aliphatic rings. The first-order chi connectivity index (χ1) is 33.7. The van der Waals surface area contributed by atoms with Crippen molar-refractivity contribution in [3.05, 3.63) is 108 Å². The lowest BCUT2D eigenvalue weighted by molar-refractivity contribution is -0.146. The average molecular weight is 1070 g/mol. The van der Waals surface area contributed by atoms with Crippen LogP contribution >= 0.6 is 15.9 Å².